The molecular formula is C16H25Cl2N3. The lowest BCUT2D eigenvalue weighted by Gasteiger charge is -2.37. The van der Waals surface area contributed by atoms with E-state index >= 15 is 0 Å². The third-order valence-electron chi connectivity index (χ3n) is 4.38. The normalized spacial score (nSPS) is 23.0. The highest BCUT2D eigenvalue weighted by Crippen LogP contribution is 2.34. The van der Waals surface area contributed by atoms with Gasteiger partial charge >= 0.3 is 0 Å². The Kier molecular flexibility index (Phi) is 6.33. The van der Waals surface area contributed by atoms with Crippen molar-refractivity contribution in [2.45, 2.75) is 31.8 Å². The maximum absolute atomic E-state index is 6.42. The fourth-order valence-electron chi connectivity index (χ4n) is 3.25. The van der Waals surface area contributed by atoms with Gasteiger partial charge < -0.3 is 10.6 Å². The summed E-state index contributed by atoms with van der Waals surface area (Å²) in [5.74, 6) is 0. The fourth-order valence-corrected chi connectivity index (χ4v) is 3.69. The second-order valence-electron chi connectivity index (χ2n) is 5.81. The Labute approximate surface area is 138 Å². The SMILES string of the molecule is CCC1CN(C)CCCN1C(CN)c1cccc(Cl)c1Cl. The third-order valence-corrected chi connectivity index (χ3v) is 5.22. The molecule has 2 atom stereocenters. The topological polar surface area (TPSA) is 32.5 Å². The molecule has 0 spiro atoms. The maximum atomic E-state index is 6.42. The van der Waals surface area contributed by atoms with E-state index < -0.39 is 0 Å². The van der Waals surface area contributed by atoms with Crippen molar-refractivity contribution in [1.82, 2.24) is 9.80 Å². The van der Waals surface area contributed by atoms with E-state index in [0.717, 1.165) is 38.0 Å². The van der Waals surface area contributed by atoms with Crippen LogP contribution in [0.25, 0.3) is 0 Å². The summed E-state index contributed by atoms with van der Waals surface area (Å²) >= 11 is 12.6. The Morgan fingerprint density at radius 1 is 1.33 bits per heavy atom. The summed E-state index contributed by atoms with van der Waals surface area (Å²) < 4.78 is 0. The van der Waals surface area contributed by atoms with Gasteiger partial charge in [-0.3, -0.25) is 4.90 Å². The largest absolute Gasteiger partial charge is 0.329 e. The van der Waals surface area contributed by atoms with Crippen molar-refractivity contribution in [2.75, 3.05) is 33.2 Å². The van der Waals surface area contributed by atoms with E-state index in [1.807, 2.05) is 18.2 Å². The van der Waals surface area contributed by atoms with E-state index in [1.54, 1.807) is 0 Å². The van der Waals surface area contributed by atoms with E-state index in [2.05, 4.69) is 23.8 Å². The molecule has 0 saturated carbocycles. The van der Waals surface area contributed by atoms with E-state index in [9.17, 15) is 0 Å². The summed E-state index contributed by atoms with van der Waals surface area (Å²) in [6.07, 6.45) is 2.26. The van der Waals surface area contributed by atoms with Gasteiger partial charge in [-0.1, -0.05) is 42.3 Å². The molecule has 2 N–H and O–H groups in total. The van der Waals surface area contributed by atoms with E-state index in [4.69, 9.17) is 28.9 Å². The van der Waals surface area contributed by atoms with Crippen LogP contribution in [0.3, 0.4) is 0 Å². The maximum Gasteiger partial charge on any atom is 0.0640 e. The molecule has 2 rings (SSSR count). The summed E-state index contributed by atoms with van der Waals surface area (Å²) in [6, 6.07) is 6.47. The van der Waals surface area contributed by atoms with Gasteiger partial charge in [0.1, 0.15) is 0 Å². The molecule has 0 bridgehead atoms. The molecule has 1 fully saturated rings. The van der Waals surface area contributed by atoms with Gasteiger partial charge in [0.05, 0.1) is 10.0 Å². The van der Waals surface area contributed by atoms with Crippen LogP contribution in [-0.2, 0) is 0 Å². The lowest BCUT2D eigenvalue weighted by Crippen LogP contribution is -2.44. The minimum atomic E-state index is 0.132. The summed E-state index contributed by atoms with van der Waals surface area (Å²) in [5, 5.41) is 1.25. The lowest BCUT2D eigenvalue weighted by atomic mass is 10.0. The Balaban J connectivity index is 2.32. The van der Waals surface area contributed by atoms with Gasteiger partial charge in [0.25, 0.3) is 0 Å². The van der Waals surface area contributed by atoms with Gasteiger partial charge in [0.2, 0.25) is 0 Å². The molecule has 118 valence electrons. The summed E-state index contributed by atoms with van der Waals surface area (Å²) in [5.41, 5.74) is 7.15. The van der Waals surface area contributed by atoms with Gasteiger partial charge in [-0.25, -0.2) is 0 Å². The van der Waals surface area contributed by atoms with Crippen molar-refractivity contribution in [3.63, 3.8) is 0 Å². The van der Waals surface area contributed by atoms with Gasteiger partial charge in [0.15, 0.2) is 0 Å². The van der Waals surface area contributed by atoms with Crippen molar-refractivity contribution >= 4 is 23.2 Å². The van der Waals surface area contributed by atoms with Crippen LogP contribution < -0.4 is 5.73 Å². The first kappa shape index (κ1) is 17.0. The van der Waals surface area contributed by atoms with Crippen molar-refractivity contribution in [3.8, 4) is 0 Å². The van der Waals surface area contributed by atoms with Crippen molar-refractivity contribution < 1.29 is 0 Å². The summed E-state index contributed by atoms with van der Waals surface area (Å²) in [7, 11) is 2.19. The number of nitrogens with zero attached hydrogens (tertiary/aromatic N) is 2. The van der Waals surface area contributed by atoms with Crippen LogP contribution in [0.4, 0.5) is 0 Å². The molecule has 1 aliphatic rings. The zero-order chi connectivity index (χ0) is 15.4. The number of benzene rings is 1. The monoisotopic (exact) mass is 329 g/mol. The minimum Gasteiger partial charge on any atom is -0.329 e. The first-order valence-electron chi connectivity index (χ1n) is 7.66. The molecule has 1 heterocycles. The summed E-state index contributed by atoms with van der Waals surface area (Å²) in [4.78, 5) is 4.92. The molecule has 0 radical (unpaired) electrons. The Hall–Kier alpha value is -0.320. The van der Waals surface area contributed by atoms with E-state index in [1.165, 1.54) is 0 Å². The number of halogens is 2. The van der Waals surface area contributed by atoms with Crippen LogP contribution in [0.2, 0.25) is 10.0 Å². The molecule has 5 heteroatoms. The number of rotatable bonds is 4. The highest BCUT2D eigenvalue weighted by Gasteiger charge is 2.29. The molecule has 1 aromatic carbocycles. The van der Waals surface area contributed by atoms with Gasteiger partial charge in [-0.05, 0) is 38.1 Å². The second-order valence-corrected chi connectivity index (χ2v) is 6.60. The van der Waals surface area contributed by atoms with Crippen molar-refractivity contribution in [1.29, 1.82) is 0 Å². The van der Waals surface area contributed by atoms with Gasteiger partial charge in [-0.2, -0.15) is 0 Å². The van der Waals surface area contributed by atoms with E-state index in [-0.39, 0.29) is 6.04 Å². The number of hydrogen-bond acceptors (Lipinski definition) is 3. The van der Waals surface area contributed by atoms with Crippen LogP contribution in [0.1, 0.15) is 31.4 Å². The molecule has 0 aromatic heterocycles. The van der Waals surface area contributed by atoms with Gasteiger partial charge in [0, 0.05) is 31.7 Å². The molecule has 3 nitrogen and oxygen atoms in total. The molecule has 0 amide bonds. The number of likely N-dealkylation sites (N-methyl/N-ethyl adjacent to an activating group) is 1. The minimum absolute atomic E-state index is 0.132. The first-order valence-corrected chi connectivity index (χ1v) is 8.42. The van der Waals surface area contributed by atoms with Gasteiger partial charge in [-0.15, -0.1) is 0 Å². The van der Waals surface area contributed by atoms with Crippen LogP contribution in [0.15, 0.2) is 18.2 Å². The zero-order valence-electron chi connectivity index (χ0n) is 12.9. The number of hydrogen-bond donors (Lipinski definition) is 1. The fraction of sp³-hybridized carbons (Fsp3) is 0.625. The predicted octanol–water partition coefficient (Wildman–Crippen LogP) is 3.41. The standard InChI is InChI=1S/C16H25Cl2N3/c1-3-12-11-20(2)8-5-9-21(12)15(10-19)13-6-4-7-14(17)16(13)18/h4,6-7,12,15H,3,5,8-11,19H2,1-2H3. The molecule has 0 aliphatic carbocycles. The zero-order valence-corrected chi connectivity index (χ0v) is 14.4. The Morgan fingerprint density at radius 3 is 2.76 bits per heavy atom. The molecular weight excluding hydrogens is 305 g/mol. The van der Waals surface area contributed by atoms with Crippen molar-refractivity contribution in [2.24, 2.45) is 5.73 Å². The molecule has 1 aliphatic heterocycles. The van der Waals surface area contributed by atoms with Crippen LogP contribution in [0.5, 0.6) is 0 Å². The van der Waals surface area contributed by atoms with Crippen LogP contribution in [0, 0.1) is 0 Å². The highest BCUT2D eigenvalue weighted by molar-refractivity contribution is 6.42. The van der Waals surface area contributed by atoms with E-state index in [0.29, 0.717) is 22.6 Å². The smallest absolute Gasteiger partial charge is 0.0640 e. The van der Waals surface area contributed by atoms with Crippen LogP contribution in [-0.4, -0.2) is 49.1 Å². The predicted molar refractivity (Wildman–Crippen MR) is 91.2 cm³/mol. The second kappa shape index (κ2) is 7.80. The molecule has 21 heavy (non-hydrogen) atoms. The molecule has 2 unspecified atom stereocenters. The molecule has 1 saturated heterocycles. The Morgan fingerprint density at radius 2 is 2.10 bits per heavy atom. The molecule has 1 aromatic rings. The Bertz CT molecular complexity index is 467. The lowest BCUT2D eigenvalue weighted by molar-refractivity contribution is 0.131. The average Bonchev–Trinajstić information content (AvgIpc) is 2.66. The third kappa shape index (κ3) is 3.91. The number of nitrogens with two attached hydrogens (primary N) is 1. The average molecular weight is 330 g/mol. The quantitative estimate of drug-likeness (QED) is 0.918. The van der Waals surface area contributed by atoms with Crippen LogP contribution >= 0.6 is 23.2 Å². The summed E-state index contributed by atoms with van der Waals surface area (Å²) in [6.45, 7) is 6.05. The highest BCUT2D eigenvalue weighted by atomic mass is 35.5. The van der Waals surface area contributed by atoms with Crippen molar-refractivity contribution in [3.05, 3.63) is 33.8 Å². The first-order chi connectivity index (χ1) is 10.1.